The predicted molar refractivity (Wildman–Crippen MR) is 116 cm³/mol. The molecule has 0 saturated carbocycles. The van der Waals surface area contributed by atoms with Crippen molar-refractivity contribution in [2.45, 2.75) is 13.5 Å². The molecule has 142 valence electrons. The van der Waals surface area contributed by atoms with Crippen molar-refractivity contribution in [1.29, 1.82) is 0 Å². The third-order valence-corrected chi connectivity index (χ3v) is 5.32. The van der Waals surface area contributed by atoms with Gasteiger partial charge in [-0.15, -0.1) is 0 Å². The molecule has 0 bridgehead atoms. The van der Waals surface area contributed by atoms with Crippen LogP contribution in [0.3, 0.4) is 0 Å². The zero-order chi connectivity index (χ0) is 20.3. The molecule has 7 heteroatoms. The van der Waals surface area contributed by atoms with Crippen LogP contribution in [0.15, 0.2) is 64.5 Å². The molecule has 3 amide bonds. The second kappa shape index (κ2) is 8.58. The number of nitrogens with one attached hydrogen (secondary N) is 1. The summed E-state index contributed by atoms with van der Waals surface area (Å²) in [4.78, 5) is 38.1. The van der Waals surface area contributed by atoms with E-state index in [1.54, 1.807) is 30.3 Å². The number of aryl methyl sites for hydroxylation is 1. The van der Waals surface area contributed by atoms with E-state index in [9.17, 15) is 14.4 Å². The predicted octanol–water partition coefficient (Wildman–Crippen LogP) is 5.08. The summed E-state index contributed by atoms with van der Waals surface area (Å²) in [6.07, 6.45) is 1.68. The van der Waals surface area contributed by atoms with E-state index in [0.29, 0.717) is 10.6 Å². The summed E-state index contributed by atoms with van der Waals surface area (Å²) in [7, 11) is 0. The van der Waals surface area contributed by atoms with Crippen LogP contribution in [0, 0.1) is 6.92 Å². The molecule has 3 rings (SSSR count). The average Bonchev–Trinajstić information content (AvgIpc) is 2.92. The average molecular weight is 457 g/mol. The number of anilines is 1. The van der Waals surface area contributed by atoms with Gasteiger partial charge in [-0.25, -0.2) is 0 Å². The fraction of sp³-hybridized carbons (Fsp3) is 0.0952. The Morgan fingerprint density at radius 2 is 1.79 bits per heavy atom. The van der Waals surface area contributed by atoms with Gasteiger partial charge in [0.2, 0.25) is 0 Å². The SMILES string of the molecule is C=C(Br)C(=O)Nc1ccc(/C=C2\SC(=O)N(Cc3ccc(C)cc3)C2=O)cc1. The number of imide groups is 1. The van der Waals surface area contributed by atoms with Gasteiger partial charge >= 0.3 is 0 Å². The van der Waals surface area contributed by atoms with Crippen molar-refractivity contribution in [2.24, 2.45) is 0 Å². The summed E-state index contributed by atoms with van der Waals surface area (Å²) >= 11 is 3.95. The first-order valence-corrected chi connectivity index (χ1v) is 10.0. The highest BCUT2D eigenvalue weighted by Crippen LogP contribution is 2.33. The maximum Gasteiger partial charge on any atom is 0.293 e. The number of benzene rings is 2. The zero-order valence-corrected chi connectivity index (χ0v) is 17.5. The van der Waals surface area contributed by atoms with Crippen molar-refractivity contribution >= 4 is 56.5 Å². The highest BCUT2D eigenvalue weighted by atomic mass is 79.9. The lowest BCUT2D eigenvalue weighted by molar-refractivity contribution is -0.123. The Bertz CT molecular complexity index is 982. The molecular weight excluding hydrogens is 440 g/mol. The second-order valence-corrected chi connectivity index (χ2v) is 8.18. The van der Waals surface area contributed by atoms with Gasteiger partial charge < -0.3 is 5.32 Å². The molecule has 1 saturated heterocycles. The van der Waals surface area contributed by atoms with E-state index in [0.717, 1.165) is 28.5 Å². The molecule has 0 atom stereocenters. The summed E-state index contributed by atoms with van der Waals surface area (Å²) in [5.74, 6) is -0.631. The van der Waals surface area contributed by atoms with Crippen LogP contribution in [0.5, 0.6) is 0 Å². The van der Waals surface area contributed by atoms with Gasteiger partial charge in [0.25, 0.3) is 17.1 Å². The van der Waals surface area contributed by atoms with E-state index < -0.39 is 0 Å². The molecule has 0 aliphatic carbocycles. The maximum atomic E-state index is 12.6. The Morgan fingerprint density at radius 3 is 2.39 bits per heavy atom. The quantitative estimate of drug-likeness (QED) is 0.637. The largest absolute Gasteiger partial charge is 0.322 e. The highest BCUT2D eigenvalue weighted by molar-refractivity contribution is 9.12. The molecule has 0 radical (unpaired) electrons. The number of carbonyl (C=O) groups is 3. The van der Waals surface area contributed by atoms with E-state index in [2.05, 4.69) is 27.8 Å². The van der Waals surface area contributed by atoms with Crippen LogP contribution in [0.2, 0.25) is 0 Å². The zero-order valence-electron chi connectivity index (χ0n) is 15.1. The molecule has 5 nitrogen and oxygen atoms in total. The Balaban J connectivity index is 1.71. The fourth-order valence-electron chi connectivity index (χ4n) is 2.53. The Morgan fingerprint density at radius 1 is 1.14 bits per heavy atom. The molecule has 2 aromatic carbocycles. The molecule has 28 heavy (non-hydrogen) atoms. The Kier molecular flexibility index (Phi) is 6.16. The first kappa shape index (κ1) is 20.1. The smallest absolute Gasteiger partial charge is 0.293 e. The third kappa shape index (κ3) is 4.79. The minimum atomic E-state index is -0.329. The van der Waals surface area contributed by atoms with Crippen LogP contribution in [0.1, 0.15) is 16.7 Å². The standard InChI is InChI=1S/C21H17BrN2O3S/c1-13-3-5-16(6-4-13)12-24-20(26)18(28-21(24)27)11-15-7-9-17(10-8-15)23-19(25)14(2)22/h3-11H,2,12H2,1H3,(H,23,25)/b18-11-. The molecule has 0 unspecified atom stereocenters. The number of hydrogen-bond donors (Lipinski definition) is 1. The van der Waals surface area contributed by atoms with E-state index >= 15 is 0 Å². The Hall–Kier alpha value is -2.64. The number of amides is 3. The van der Waals surface area contributed by atoms with Gasteiger partial charge in [0.1, 0.15) is 0 Å². The molecule has 1 aliphatic heterocycles. The molecule has 1 N–H and O–H groups in total. The van der Waals surface area contributed by atoms with Crippen molar-refractivity contribution in [2.75, 3.05) is 5.32 Å². The highest BCUT2D eigenvalue weighted by Gasteiger charge is 2.34. The summed E-state index contributed by atoms with van der Waals surface area (Å²) in [6, 6.07) is 14.7. The number of rotatable bonds is 5. The van der Waals surface area contributed by atoms with Gasteiger partial charge in [0, 0.05) is 5.69 Å². The lowest BCUT2D eigenvalue weighted by Gasteiger charge is -2.12. The Labute approximate surface area is 175 Å². The monoisotopic (exact) mass is 456 g/mol. The first-order chi connectivity index (χ1) is 13.3. The summed E-state index contributed by atoms with van der Waals surface area (Å²) in [5.41, 5.74) is 3.40. The van der Waals surface area contributed by atoms with E-state index in [1.165, 1.54) is 4.90 Å². The lowest BCUT2D eigenvalue weighted by atomic mass is 10.1. The molecule has 2 aromatic rings. The van der Waals surface area contributed by atoms with Gasteiger partial charge in [-0.3, -0.25) is 19.3 Å². The van der Waals surface area contributed by atoms with Crippen LogP contribution in [0.4, 0.5) is 10.5 Å². The van der Waals surface area contributed by atoms with Crippen molar-refractivity contribution < 1.29 is 14.4 Å². The first-order valence-electron chi connectivity index (χ1n) is 8.40. The van der Waals surface area contributed by atoms with Crippen LogP contribution < -0.4 is 5.32 Å². The van der Waals surface area contributed by atoms with Gasteiger partial charge in [-0.2, -0.15) is 0 Å². The molecule has 0 aromatic heterocycles. The summed E-state index contributed by atoms with van der Waals surface area (Å²) < 4.78 is 0.235. The number of nitrogens with zero attached hydrogens (tertiary/aromatic N) is 1. The minimum absolute atomic E-state index is 0.235. The van der Waals surface area contributed by atoms with Crippen LogP contribution in [-0.2, 0) is 16.1 Å². The molecule has 0 spiro atoms. The maximum absolute atomic E-state index is 12.6. The van der Waals surface area contributed by atoms with E-state index in [-0.39, 0.29) is 28.1 Å². The number of hydrogen-bond acceptors (Lipinski definition) is 4. The van der Waals surface area contributed by atoms with Crippen molar-refractivity contribution in [1.82, 2.24) is 4.90 Å². The molecule has 1 heterocycles. The molecule has 1 aliphatic rings. The van der Waals surface area contributed by atoms with Crippen molar-refractivity contribution in [3.63, 3.8) is 0 Å². The fourth-order valence-corrected chi connectivity index (χ4v) is 3.46. The van der Waals surface area contributed by atoms with Gasteiger partial charge in [-0.05, 0) is 64.0 Å². The van der Waals surface area contributed by atoms with Crippen LogP contribution in [0.25, 0.3) is 6.08 Å². The van der Waals surface area contributed by atoms with Gasteiger partial charge in [0.05, 0.1) is 15.9 Å². The second-order valence-electron chi connectivity index (χ2n) is 6.23. The number of thioether (sulfide) groups is 1. The van der Waals surface area contributed by atoms with Crippen LogP contribution in [-0.4, -0.2) is 22.0 Å². The van der Waals surface area contributed by atoms with Gasteiger partial charge in [0.15, 0.2) is 0 Å². The summed E-state index contributed by atoms with van der Waals surface area (Å²) in [6.45, 7) is 5.75. The molecular formula is C21H17BrN2O3S. The topological polar surface area (TPSA) is 66.5 Å². The minimum Gasteiger partial charge on any atom is -0.322 e. The normalized spacial score (nSPS) is 15.2. The van der Waals surface area contributed by atoms with Crippen molar-refractivity contribution in [3.05, 3.63) is 81.2 Å². The van der Waals surface area contributed by atoms with Crippen molar-refractivity contribution in [3.8, 4) is 0 Å². The third-order valence-electron chi connectivity index (χ3n) is 4.05. The number of carbonyl (C=O) groups excluding carboxylic acids is 3. The van der Waals surface area contributed by atoms with E-state index in [1.807, 2.05) is 31.2 Å². The van der Waals surface area contributed by atoms with E-state index in [4.69, 9.17) is 0 Å². The van der Waals surface area contributed by atoms with Crippen LogP contribution >= 0.6 is 27.7 Å². The lowest BCUT2D eigenvalue weighted by Crippen LogP contribution is -2.27. The summed E-state index contributed by atoms with van der Waals surface area (Å²) in [5, 5.41) is 2.39. The number of halogens is 1. The molecule has 1 fully saturated rings. The van der Waals surface area contributed by atoms with Gasteiger partial charge in [-0.1, -0.05) is 48.5 Å².